The van der Waals surface area contributed by atoms with Gasteiger partial charge in [0.05, 0.1) is 0 Å². The fourth-order valence-electron chi connectivity index (χ4n) is 1.71. The van der Waals surface area contributed by atoms with Crippen LogP contribution in [-0.2, 0) is 14.9 Å². The second-order valence-corrected chi connectivity index (χ2v) is 4.36. The predicted octanol–water partition coefficient (Wildman–Crippen LogP) is 2.55. The molecule has 2 aromatic carbocycles. The second-order valence-electron chi connectivity index (χ2n) is 3.71. The largest absolute Gasteiger partial charge is 0.698 e. The Morgan fingerprint density at radius 3 is 1.61 bits per heavy atom. The Labute approximate surface area is 105 Å². The van der Waals surface area contributed by atoms with E-state index in [4.69, 9.17) is 9.42 Å². The fourth-order valence-corrected chi connectivity index (χ4v) is 2.15. The van der Waals surface area contributed by atoms with Crippen molar-refractivity contribution in [1.29, 1.82) is 0 Å². The number of aliphatic hydroxyl groups is 1. The minimum absolute atomic E-state index is 0.397. The summed E-state index contributed by atoms with van der Waals surface area (Å²) in [7, 11) is -2.94. The van der Waals surface area contributed by atoms with Gasteiger partial charge in [-0.1, -0.05) is 65.2 Å². The van der Waals surface area contributed by atoms with Gasteiger partial charge in [-0.25, -0.2) is 0 Å². The van der Waals surface area contributed by atoms with E-state index in [0.717, 1.165) is 0 Å². The molecule has 1 atom stereocenters. The molecule has 2 N–H and O–H groups in total. The van der Waals surface area contributed by atoms with Gasteiger partial charge in [0.25, 0.3) is 5.79 Å². The van der Waals surface area contributed by atoms with Crippen LogP contribution in [0.25, 0.3) is 0 Å². The van der Waals surface area contributed by atoms with Crippen molar-refractivity contribution in [3.8, 4) is 0 Å². The molecule has 0 saturated heterocycles. The maximum absolute atomic E-state index is 10.9. The minimum atomic E-state index is -2.94. The predicted molar refractivity (Wildman–Crippen MR) is 66.8 cm³/mol. The first kappa shape index (κ1) is 12.9. The van der Waals surface area contributed by atoms with E-state index in [2.05, 4.69) is 0 Å². The van der Waals surface area contributed by atoms with Crippen molar-refractivity contribution in [2.45, 2.75) is 5.79 Å². The van der Waals surface area contributed by atoms with Gasteiger partial charge in [0, 0.05) is 15.7 Å². The molecule has 0 amide bonds. The first-order valence-electron chi connectivity index (χ1n) is 5.31. The standard InChI is InChI=1S/C13H11O4P/c14-13(17-18(15)16,11-7-3-1-4-8-11)12-9-5-2-6-10-12/h1-10,14H/p+1. The Hall–Kier alpha value is -1.58. The van der Waals surface area contributed by atoms with Crippen LogP contribution in [0.4, 0.5) is 0 Å². The van der Waals surface area contributed by atoms with Crippen LogP contribution in [0.1, 0.15) is 11.1 Å². The minimum Gasteiger partial charge on any atom is -0.355 e. The van der Waals surface area contributed by atoms with Crippen LogP contribution in [0.15, 0.2) is 60.7 Å². The van der Waals surface area contributed by atoms with E-state index in [1.807, 2.05) is 0 Å². The van der Waals surface area contributed by atoms with Crippen LogP contribution in [0.3, 0.4) is 0 Å². The third kappa shape index (κ3) is 2.63. The summed E-state index contributed by atoms with van der Waals surface area (Å²) in [5.74, 6) is -1.93. The Kier molecular flexibility index (Phi) is 3.84. The first-order chi connectivity index (χ1) is 8.63. The monoisotopic (exact) mass is 263 g/mol. The van der Waals surface area contributed by atoms with Crippen molar-refractivity contribution in [2.75, 3.05) is 0 Å². The van der Waals surface area contributed by atoms with Gasteiger partial charge < -0.3 is 5.11 Å². The zero-order valence-electron chi connectivity index (χ0n) is 9.43. The molecule has 2 aromatic rings. The van der Waals surface area contributed by atoms with Crippen LogP contribution in [0, 0.1) is 0 Å². The molecule has 0 heterocycles. The van der Waals surface area contributed by atoms with Crippen LogP contribution in [0.5, 0.6) is 0 Å². The SMILES string of the molecule is O=[P+](O)OC(O)(c1ccccc1)c1ccccc1. The lowest BCUT2D eigenvalue weighted by Gasteiger charge is -2.22. The van der Waals surface area contributed by atoms with Gasteiger partial charge in [-0.15, -0.1) is 4.89 Å². The van der Waals surface area contributed by atoms with Gasteiger partial charge in [-0.05, 0) is 0 Å². The summed E-state index contributed by atoms with van der Waals surface area (Å²) in [5, 5.41) is 10.6. The smallest absolute Gasteiger partial charge is 0.355 e. The van der Waals surface area contributed by atoms with E-state index in [1.54, 1.807) is 60.7 Å². The number of hydrogen-bond acceptors (Lipinski definition) is 3. The zero-order chi connectivity index (χ0) is 13.0. The Morgan fingerprint density at radius 1 is 0.889 bits per heavy atom. The van der Waals surface area contributed by atoms with Crippen molar-refractivity contribution in [3.63, 3.8) is 0 Å². The van der Waals surface area contributed by atoms with Gasteiger partial charge in [-0.3, -0.25) is 0 Å². The Balaban J connectivity index is 2.51. The number of hydrogen-bond donors (Lipinski definition) is 2. The molecule has 5 heteroatoms. The molecule has 0 aliphatic carbocycles. The lowest BCUT2D eigenvalue weighted by Crippen LogP contribution is -2.28. The van der Waals surface area contributed by atoms with Crippen LogP contribution < -0.4 is 0 Å². The normalized spacial score (nSPS) is 12.2. The molecule has 2 rings (SSSR count). The van der Waals surface area contributed by atoms with Crippen molar-refractivity contribution < 1.29 is 19.1 Å². The molecule has 0 bridgehead atoms. The van der Waals surface area contributed by atoms with Crippen molar-refractivity contribution >= 4 is 8.25 Å². The lowest BCUT2D eigenvalue weighted by atomic mass is 9.98. The highest BCUT2D eigenvalue weighted by molar-refractivity contribution is 7.32. The van der Waals surface area contributed by atoms with Crippen molar-refractivity contribution in [1.82, 2.24) is 0 Å². The maximum Gasteiger partial charge on any atom is 0.698 e. The molecule has 18 heavy (non-hydrogen) atoms. The summed E-state index contributed by atoms with van der Waals surface area (Å²) in [6, 6.07) is 17.0. The fraction of sp³-hybridized carbons (Fsp3) is 0.0769. The molecule has 4 nitrogen and oxygen atoms in total. The van der Waals surface area contributed by atoms with Gasteiger partial charge >= 0.3 is 8.25 Å². The van der Waals surface area contributed by atoms with Crippen molar-refractivity contribution in [3.05, 3.63) is 71.8 Å². The topological polar surface area (TPSA) is 66.8 Å². The van der Waals surface area contributed by atoms with E-state index in [-0.39, 0.29) is 0 Å². The van der Waals surface area contributed by atoms with Gasteiger partial charge in [0.15, 0.2) is 0 Å². The summed E-state index contributed by atoms with van der Waals surface area (Å²) in [4.78, 5) is 8.94. The molecular weight excluding hydrogens is 251 g/mol. The molecule has 0 spiro atoms. The summed E-state index contributed by atoms with van der Waals surface area (Å²) < 4.78 is 15.8. The third-order valence-electron chi connectivity index (χ3n) is 2.54. The lowest BCUT2D eigenvalue weighted by molar-refractivity contribution is -0.109. The Bertz CT molecular complexity index is 488. The molecule has 0 radical (unpaired) electrons. The van der Waals surface area contributed by atoms with Crippen molar-refractivity contribution in [2.24, 2.45) is 0 Å². The molecule has 0 aliphatic rings. The molecule has 0 saturated carbocycles. The van der Waals surface area contributed by atoms with Crippen LogP contribution in [0.2, 0.25) is 0 Å². The summed E-state index contributed by atoms with van der Waals surface area (Å²) in [6.45, 7) is 0. The average molecular weight is 263 g/mol. The summed E-state index contributed by atoms with van der Waals surface area (Å²) in [6.07, 6.45) is 0. The highest BCUT2D eigenvalue weighted by atomic mass is 31.1. The number of rotatable bonds is 4. The molecule has 0 aliphatic heterocycles. The molecule has 0 aromatic heterocycles. The first-order valence-corrected chi connectivity index (χ1v) is 6.44. The highest BCUT2D eigenvalue weighted by Gasteiger charge is 2.42. The van der Waals surface area contributed by atoms with Crippen LogP contribution >= 0.6 is 8.25 Å². The van der Waals surface area contributed by atoms with E-state index in [1.165, 1.54) is 0 Å². The quantitative estimate of drug-likeness (QED) is 0.657. The zero-order valence-corrected chi connectivity index (χ0v) is 10.3. The molecule has 92 valence electrons. The average Bonchev–Trinajstić information content (AvgIpc) is 2.40. The van der Waals surface area contributed by atoms with Gasteiger partial charge in [0.2, 0.25) is 0 Å². The van der Waals surface area contributed by atoms with Gasteiger partial charge in [0.1, 0.15) is 0 Å². The van der Waals surface area contributed by atoms with E-state index in [9.17, 15) is 9.67 Å². The van der Waals surface area contributed by atoms with E-state index >= 15 is 0 Å². The molecule has 0 fully saturated rings. The maximum atomic E-state index is 10.9. The molecule has 1 unspecified atom stereocenters. The van der Waals surface area contributed by atoms with Gasteiger partial charge in [-0.2, -0.15) is 0 Å². The van der Waals surface area contributed by atoms with Crippen LogP contribution in [-0.4, -0.2) is 10.00 Å². The summed E-state index contributed by atoms with van der Waals surface area (Å²) >= 11 is 0. The van der Waals surface area contributed by atoms with E-state index < -0.39 is 14.0 Å². The third-order valence-corrected chi connectivity index (χ3v) is 2.96. The summed E-state index contributed by atoms with van der Waals surface area (Å²) in [5.41, 5.74) is 0.794. The van der Waals surface area contributed by atoms with E-state index in [0.29, 0.717) is 11.1 Å². The highest BCUT2D eigenvalue weighted by Crippen LogP contribution is 2.37. The molecular formula is C13H12O4P+. The number of benzene rings is 2. The Morgan fingerprint density at radius 2 is 1.28 bits per heavy atom. The second kappa shape index (κ2) is 5.38.